The standard InChI is InChI=1S/C23H27ClN6O/c24-19-2-1-18(31)5-16(19)10-27-22-28-11-17(9-25)21(30-22)29-12-23-6-13-3-14(7-23)20(26)15(4-13)8-23/h1-2,5,11,13-15,20,31H,3-4,6-8,10,12,26H2,(H2,27,28,29,30)/t13?,14-,15?,20?,23?/m0/s1. The predicted octanol–water partition coefficient (Wildman–Crippen LogP) is 3.88. The highest BCUT2D eigenvalue weighted by atomic mass is 35.5. The molecule has 4 unspecified atom stereocenters. The number of phenolic OH excluding ortho intramolecular Hbond substituents is 1. The van der Waals surface area contributed by atoms with Crippen LogP contribution in [0.2, 0.25) is 5.02 Å². The third kappa shape index (κ3) is 3.90. The number of phenols is 1. The summed E-state index contributed by atoms with van der Waals surface area (Å²) in [6, 6.07) is 7.35. The van der Waals surface area contributed by atoms with Crippen LogP contribution in [0.1, 0.15) is 43.2 Å². The Balaban J connectivity index is 1.29. The number of anilines is 2. The van der Waals surface area contributed by atoms with Crippen molar-refractivity contribution in [3.05, 3.63) is 40.5 Å². The fourth-order valence-electron chi connectivity index (χ4n) is 6.27. The lowest BCUT2D eigenvalue weighted by molar-refractivity contribution is -0.0591. The summed E-state index contributed by atoms with van der Waals surface area (Å²) in [7, 11) is 0. The highest BCUT2D eigenvalue weighted by Crippen LogP contribution is 2.59. The van der Waals surface area contributed by atoms with Gasteiger partial charge in [-0.05, 0) is 79.0 Å². The molecule has 0 radical (unpaired) electrons. The van der Waals surface area contributed by atoms with Crippen LogP contribution >= 0.6 is 11.6 Å². The zero-order valence-corrected chi connectivity index (χ0v) is 18.1. The van der Waals surface area contributed by atoms with E-state index >= 15 is 0 Å². The van der Waals surface area contributed by atoms with Crippen LogP contribution in [0.3, 0.4) is 0 Å². The van der Waals surface area contributed by atoms with E-state index in [2.05, 4.69) is 26.7 Å². The maximum absolute atomic E-state index is 9.68. The van der Waals surface area contributed by atoms with Gasteiger partial charge in [0.1, 0.15) is 23.2 Å². The molecule has 4 fully saturated rings. The molecule has 1 aromatic carbocycles. The Bertz CT molecular complexity index is 1020. The maximum atomic E-state index is 9.68. The van der Waals surface area contributed by atoms with E-state index in [9.17, 15) is 10.4 Å². The van der Waals surface area contributed by atoms with E-state index in [-0.39, 0.29) is 11.2 Å². The Morgan fingerprint density at radius 2 is 2.00 bits per heavy atom. The average Bonchev–Trinajstić information content (AvgIpc) is 2.76. The van der Waals surface area contributed by atoms with Crippen LogP contribution in [-0.2, 0) is 6.54 Å². The van der Waals surface area contributed by atoms with Gasteiger partial charge < -0.3 is 21.5 Å². The summed E-state index contributed by atoms with van der Waals surface area (Å²) in [6.45, 7) is 1.18. The number of nitrogens with one attached hydrogen (secondary N) is 2. The average molecular weight is 439 g/mol. The molecule has 4 bridgehead atoms. The lowest BCUT2D eigenvalue weighted by atomic mass is 9.48. The number of nitrogens with two attached hydrogens (primary N) is 1. The first kappa shape index (κ1) is 20.3. The normalized spacial score (nSPS) is 30.7. The third-order valence-corrected chi connectivity index (χ3v) is 7.85. The molecule has 7 nitrogen and oxygen atoms in total. The molecule has 5 atom stereocenters. The first-order chi connectivity index (χ1) is 14.9. The molecule has 0 spiro atoms. The zero-order chi connectivity index (χ0) is 21.6. The van der Waals surface area contributed by atoms with Crippen LogP contribution in [0.15, 0.2) is 24.4 Å². The van der Waals surface area contributed by atoms with E-state index in [0.29, 0.717) is 46.8 Å². The van der Waals surface area contributed by atoms with Crippen LogP contribution in [0.4, 0.5) is 11.8 Å². The number of aromatic hydroxyl groups is 1. The number of nitrogens with zero attached hydrogens (tertiary/aromatic N) is 3. The van der Waals surface area contributed by atoms with E-state index in [4.69, 9.17) is 17.3 Å². The van der Waals surface area contributed by atoms with Gasteiger partial charge in [0.15, 0.2) is 0 Å². The van der Waals surface area contributed by atoms with Gasteiger partial charge in [-0.25, -0.2) is 4.98 Å². The fourth-order valence-corrected chi connectivity index (χ4v) is 6.46. The minimum Gasteiger partial charge on any atom is -0.508 e. The van der Waals surface area contributed by atoms with Crippen molar-refractivity contribution in [3.8, 4) is 11.8 Å². The molecular weight excluding hydrogens is 412 g/mol. The van der Waals surface area contributed by atoms with Gasteiger partial charge in [-0.15, -0.1) is 0 Å². The summed E-state index contributed by atoms with van der Waals surface area (Å²) in [5.74, 6) is 3.19. The zero-order valence-electron chi connectivity index (χ0n) is 17.3. The number of rotatable bonds is 6. The van der Waals surface area contributed by atoms with Gasteiger partial charge >= 0.3 is 0 Å². The molecule has 162 valence electrons. The first-order valence-corrected chi connectivity index (χ1v) is 11.3. The molecule has 8 heteroatoms. The van der Waals surface area contributed by atoms with Crippen molar-refractivity contribution < 1.29 is 5.11 Å². The first-order valence-electron chi connectivity index (χ1n) is 10.9. The van der Waals surface area contributed by atoms with Crippen molar-refractivity contribution in [1.82, 2.24) is 9.97 Å². The molecule has 2 aromatic rings. The molecule has 0 aliphatic heterocycles. The Morgan fingerprint density at radius 1 is 1.23 bits per heavy atom. The Kier molecular flexibility index (Phi) is 5.15. The van der Waals surface area contributed by atoms with Gasteiger partial charge in [0.05, 0.1) is 6.20 Å². The number of aromatic nitrogens is 2. The molecule has 4 aliphatic carbocycles. The van der Waals surface area contributed by atoms with Crippen molar-refractivity contribution in [2.45, 2.75) is 44.7 Å². The highest BCUT2D eigenvalue weighted by Gasteiger charge is 2.54. The maximum Gasteiger partial charge on any atom is 0.224 e. The molecule has 4 saturated carbocycles. The molecule has 4 aliphatic rings. The van der Waals surface area contributed by atoms with Gasteiger partial charge in [0.2, 0.25) is 5.95 Å². The second-order valence-electron chi connectivity index (χ2n) is 9.60. The summed E-state index contributed by atoms with van der Waals surface area (Å²) >= 11 is 6.20. The number of halogens is 1. The van der Waals surface area contributed by atoms with Gasteiger partial charge in [-0.2, -0.15) is 10.2 Å². The van der Waals surface area contributed by atoms with Gasteiger partial charge in [0, 0.05) is 24.2 Å². The largest absolute Gasteiger partial charge is 0.508 e. The topological polar surface area (TPSA) is 120 Å². The van der Waals surface area contributed by atoms with Crippen molar-refractivity contribution in [2.24, 2.45) is 28.9 Å². The van der Waals surface area contributed by atoms with Crippen molar-refractivity contribution in [2.75, 3.05) is 17.2 Å². The summed E-state index contributed by atoms with van der Waals surface area (Å²) in [6.07, 6.45) is 7.68. The van der Waals surface area contributed by atoms with Crippen molar-refractivity contribution in [3.63, 3.8) is 0 Å². The van der Waals surface area contributed by atoms with Crippen LogP contribution in [0.25, 0.3) is 0 Å². The second kappa shape index (κ2) is 7.85. The monoisotopic (exact) mass is 438 g/mol. The third-order valence-electron chi connectivity index (χ3n) is 7.48. The minimum atomic E-state index is 0.152. The molecule has 6 rings (SSSR count). The molecule has 0 amide bonds. The number of hydrogen-bond donors (Lipinski definition) is 4. The molecule has 31 heavy (non-hydrogen) atoms. The molecular formula is C23H27ClN6O. The quantitative estimate of drug-likeness (QED) is 0.540. The molecule has 1 aromatic heterocycles. The predicted molar refractivity (Wildman–Crippen MR) is 120 cm³/mol. The van der Waals surface area contributed by atoms with E-state index in [1.807, 2.05) is 0 Å². The lowest BCUT2D eigenvalue weighted by Crippen LogP contribution is -2.58. The minimum absolute atomic E-state index is 0.152. The Labute approximate surface area is 187 Å². The summed E-state index contributed by atoms with van der Waals surface area (Å²) in [4.78, 5) is 8.81. The Morgan fingerprint density at radius 3 is 2.74 bits per heavy atom. The fraction of sp³-hybridized carbons (Fsp3) is 0.522. The highest BCUT2D eigenvalue weighted by molar-refractivity contribution is 6.31. The summed E-state index contributed by atoms with van der Waals surface area (Å²) in [5, 5.41) is 26.4. The van der Waals surface area contributed by atoms with E-state index < -0.39 is 0 Å². The second-order valence-corrected chi connectivity index (χ2v) is 10.0. The van der Waals surface area contributed by atoms with Gasteiger partial charge in [-0.3, -0.25) is 0 Å². The van der Waals surface area contributed by atoms with Crippen LogP contribution in [-0.4, -0.2) is 27.7 Å². The number of benzene rings is 1. The van der Waals surface area contributed by atoms with Crippen molar-refractivity contribution in [1.29, 1.82) is 5.26 Å². The van der Waals surface area contributed by atoms with E-state index in [1.165, 1.54) is 38.3 Å². The molecule has 5 N–H and O–H groups in total. The molecule has 1 heterocycles. The van der Waals surface area contributed by atoms with E-state index in [1.54, 1.807) is 18.2 Å². The van der Waals surface area contributed by atoms with Crippen LogP contribution in [0.5, 0.6) is 5.75 Å². The van der Waals surface area contributed by atoms with Crippen LogP contribution in [0, 0.1) is 34.5 Å². The summed E-state index contributed by atoms with van der Waals surface area (Å²) in [5.41, 5.74) is 7.92. The SMILES string of the molecule is N#Cc1cnc(NCc2cc(O)ccc2Cl)nc1NCC12CC3CC(C1)C(N)[C@@H](C3)C2. The van der Waals surface area contributed by atoms with Gasteiger partial charge in [0.25, 0.3) is 0 Å². The summed E-state index contributed by atoms with van der Waals surface area (Å²) < 4.78 is 0. The van der Waals surface area contributed by atoms with Crippen molar-refractivity contribution >= 4 is 23.4 Å². The van der Waals surface area contributed by atoms with Crippen LogP contribution < -0.4 is 16.4 Å². The van der Waals surface area contributed by atoms with E-state index in [0.717, 1.165) is 18.0 Å². The molecule has 0 saturated heterocycles. The lowest BCUT2D eigenvalue weighted by Gasteiger charge is -2.59. The Hall–Kier alpha value is -2.56. The number of hydrogen-bond acceptors (Lipinski definition) is 7. The number of nitriles is 1. The van der Waals surface area contributed by atoms with Gasteiger partial charge in [-0.1, -0.05) is 11.6 Å². The smallest absolute Gasteiger partial charge is 0.224 e.